The van der Waals surface area contributed by atoms with Gasteiger partial charge in [-0.3, -0.25) is 0 Å². The lowest BCUT2D eigenvalue weighted by Crippen LogP contribution is -2.17. The van der Waals surface area contributed by atoms with E-state index < -0.39 is 0 Å². The molecule has 0 bridgehead atoms. The summed E-state index contributed by atoms with van der Waals surface area (Å²) >= 11 is 0. The summed E-state index contributed by atoms with van der Waals surface area (Å²) in [6.45, 7) is 9.48. The van der Waals surface area contributed by atoms with Crippen LogP contribution in [0.4, 0.5) is 0 Å². The third kappa shape index (κ3) is 4.19. The van der Waals surface area contributed by atoms with Crippen LogP contribution in [-0.2, 0) is 10.8 Å². The van der Waals surface area contributed by atoms with Crippen molar-refractivity contribution in [2.24, 2.45) is 0 Å². The first-order valence-electron chi connectivity index (χ1n) is 19.4. The summed E-state index contributed by atoms with van der Waals surface area (Å²) in [6.07, 6.45) is 0. The first kappa shape index (κ1) is 31.6. The third-order valence-electron chi connectivity index (χ3n) is 12.7. The summed E-state index contributed by atoms with van der Waals surface area (Å²) in [5.41, 5.74) is 19.6. The molecule has 0 N–H and O–H groups in total. The quantitative estimate of drug-likeness (QED) is 0.182. The number of fused-ring (bicyclic) bond motifs is 12. The SMILES string of the molecule is CC1(C)c2ccccc2-c2cc3c(cc21)-c1ccc(-c2ccc4oc5c(-c6nc(-c7ccccc7)nc7c6oc6ccccc67)cccc5c4c2)cc1C3(C)C. The van der Waals surface area contributed by atoms with E-state index in [1.54, 1.807) is 0 Å². The van der Waals surface area contributed by atoms with E-state index in [0.717, 1.165) is 55.1 Å². The zero-order valence-electron chi connectivity index (χ0n) is 31.6. The van der Waals surface area contributed by atoms with Gasteiger partial charge in [-0.05, 0) is 104 Å². The predicted molar refractivity (Wildman–Crippen MR) is 228 cm³/mol. The second kappa shape index (κ2) is 10.9. The Balaban J connectivity index is 0.993. The maximum atomic E-state index is 6.73. The fraction of sp³-hybridized carbons (Fsp3) is 0.115. The summed E-state index contributed by atoms with van der Waals surface area (Å²) in [6, 6.07) is 52.0. The van der Waals surface area contributed by atoms with Crippen molar-refractivity contribution in [3.8, 4) is 56.0 Å². The van der Waals surface area contributed by atoms with Gasteiger partial charge >= 0.3 is 0 Å². The fourth-order valence-corrected chi connectivity index (χ4v) is 9.76. The minimum Gasteiger partial charge on any atom is -0.455 e. The molecule has 266 valence electrons. The lowest BCUT2D eigenvalue weighted by molar-refractivity contribution is 0.652. The third-order valence-corrected chi connectivity index (χ3v) is 12.7. The highest BCUT2D eigenvalue weighted by molar-refractivity contribution is 6.14. The minimum atomic E-state index is -0.142. The molecule has 0 saturated heterocycles. The van der Waals surface area contributed by atoms with Gasteiger partial charge in [-0.25, -0.2) is 9.97 Å². The molecule has 2 aliphatic carbocycles. The number of nitrogens with zero attached hydrogens (tertiary/aromatic N) is 2. The van der Waals surface area contributed by atoms with Crippen LogP contribution in [0.15, 0.2) is 154 Å². The van der Waals surface area contributed by atoms with Crippen molar-refractivity contribution in [2.45, 2.75) is 38.5 Å². The molecule has 0 atom stereocenters. The number of hydrogen-bond acceptors (Lipinski definition) is 4. The van der Waals surface area contributed by atoms with Crippen LogP contribution in [0.5, 0.6) is 0 Å². The number of para-hydroxylation sites is 2. The van der Waals surface area contributed by atoms with Crippen LogP contribution in [0.1, 0.15) is 49.9 Å². The second-order valence-corrected chi connectivity index (χ2v) is 16.5. The Hall–Kier alpha value is -6.78. The van der Waals surface area contributed by atoms with E-state index >= 15 is 0 Å². The molecule has 3 heterocycles. The molecule has 0 spiro atoms. The van der Waals surface area contributed by atoms with E-state index in [1.807, 2.05) is 48.5 Å². The number of furan rings is 2. The average Bonchev–Trinajstić information content (AvgIpc) is 3.92. The van der Waals surface area contributed by atoms with Crippen molar-refractivity contribution < 1.29 is 8.83 Å². The zero-order chi connectivity index (χ0) is 37.5. The Morgan fingerprint density at radius 3 is 1.84 bits per heavy atom. The molecule has 56 heavy (non-hydrogen) atoms. The standard InChI is InChI=1S/C52H36N2O2/c1-51(2)40-19-10-8-15-32(40)37-27-43-38(28-42(37)51)33-23-21-31(26-41(33)52(43,3)4)30-22-24-45-39(25-30)34-17-12-18-36(48(34)55-45)47-49-46(35-16-9-11-20-44(35)56-49)53-50(54-47)29-13-6-5-7-14-29/h5-28H,1-4H3. The smallest absolute Gasteiger partial charge is 0.180 e. The molecular formula is C52H36N2O2. The molecule has 2 aliphatic rings. The van der Waals surface area contributed by atoms with Crippen molar-refractivity contribution in [3.63, 3.8) is 0 Å². The molecular weight excluding hydrogens is 685 g/mol. The first-order valence-corrected chi connectivity index (χ1v) is 19.4. The van der Waals surface area contributed by atoms with Gasteiger partial charge in [0.15, 0.2) is 11.4 Å². The summed E-state index contributed by atoms with van der Waals surface area (Å²) in [5, 5.41) is 3.07. The lowest BCUT2D eigenvalue weighted by Gasteiger charge is -2.24. The normalized spacial score (nSPS) is 14.7. The van der Waals surface area contributed by atoms with E-state index in [2.05, 4.69) is 125 Å². The molecule has 0 fully saturated rings. The van der Waals surface area contributed by atoms with Crippen molar-refractivity contribution in [1.29, 1.82) is 0 Å². The molecule has 0 saturated carbocycles. The van der Waals surface area contributed by atoms with Gasteiger partial charge in [-0.15, -0.1) is 0 Å². The molecule has 3 aromatic heterocycles. The van der Waals surface area contributed by atoms with Crippen molar-refractivity contribution in [3.05, 3.63) is 168 Å². The summed E-state index contributed by atoms with van der Waals surface area (Å²) in [5.74, 6) is 0.648. The van der Waals surface area contributed by atoms with Gasteiger partial charge in [-0.1, -0.05) is 125 Å². The lowest BCUT2D eigenvalue weighted by atomic mass is 9.79. The maximum absolute atomic E-state index is 6.73. The highest BCUT2D eigenvalue weighted by Gasteiger charge is 2.41. The summed E-state index contributed by atoms with van der Waals surface area (Å²) < 4.78 is 13.2. The van der Waals surface area contributed by atoms with Gasteiger partial charge in [-0.2, -0.15) is 0 Å². The average molecular weight is 721 g/mol. The summed E-state index contributed by atoms with van der Waals surface area (Å²) in [7, 11) is 0. The Morgan fingerprint density at radius 1 is 0.393 bits per heavy atom. The van der Waals surface area contributed by atoms with Crippen LogP contribution < -0.4 is 0 Å². The number of benzene rings is 7. The van der Waals surface area contributed by atoms with Crippen LogP contribution in [-0.4, -0.2) is 9.97 Å². The Labute approximate surface area is 324 Å². The van der Waals surface area contributed by atoms with E-state index in [4.69, 9.17) is 18.8 Å². The van der Waals surface area contributed by atoms with Crippen LogP contribution in [0.3, 0.4) is 0 Å². The molecule has 0 unspecified atom stereocenters. The van der Waals surface area contributed by atoms with Crippen LogP contribution in [0, 0.1) is 0 Å². The Bertz CT molecular complexity index is 3310. The van der Waals surface area contributed by atoms with Gasteiger partial charge in [0.05, 0.1) is 0 Å². The molecule has 0 aliphatic heterocycles. The highest BCUT2D eigenvalue weighted by atomic mass is 16.3. The second-order valence-electron chi connectivity index (χ2n) is 16.5. The number of rotatable bonds is 3. The monoisotopic (exact) mass is 720 g/mol. The van der Waals surface area contributed by atoms with E-state index in [-0.39, 0.29) is 10.8 Å². The first-order chi connectivity index (χ1) is 27.3. The largest absolute Gasteiger partial charge is 0.455 e. The molecule has 0 amide bonds. The van der Waals surface area contributed by atoms with Crippen molar-refractivity contribution in [1.82, 2.24) is 9.97 Å². The van der Waals surface area contributed by atoms with Gasteiger partial charge < -0.3 is 8.83 Å². The molecule has 7 aromatic carbocycles. The summed E-state index contributed by atoms with van der Waals surface area (Å²) in [4.78, 5) is 10.2. The van der Waals surface area contributed by atoms with Crippen molar-refractivity contribution in [2.75, 3.05) is 0 Å². The molecule has 4 heteroatoms. The minimum absolute atomic E-state index is 0.0356. The highest BCUT2D eigenvalue weighted by Crippen LogP contribution is 2.56. The molecule has 10 aromatic rings. The topological polar surface area (TPSA) is 52.1 Å². The van der Waals surface area contributed by atoms with Gasteiger partial charge in [0.1, 0.15) is 28.0 Å². The number of hydrogen-bond donors (Lipinski definition) is 0. The predicted octanol–water partition coefficient (Wildman–Crippen LogP) is 13.9. The Kier molecular flexibility index (Phi) is 6.15. The van der Waals surface area contributed by atoms with E-state index in [1.165, 1.54) is 50.1 Å². The Morgan fingerprint density at radius 2 is 1.00 bits per heavy atom. The van der Waals surface area contributed by atoms with E-state index in [0.29, 0.717) is 17.1 Å². The molecule has 4 nitrogen and oxygen atoms in total. The van der Waals surface area contributed by atoms with Gasteiger partial charge in [0.2, 0.25) is 0 Å². The molecule has 12 rings (SSSR count). The zero-order valence-corrected chi connectivity index (χ0v) is 31.6. The number of aromatic nitrogens is 2. The van der Waals surface area contributed by atoms with Crippen LogP contribution in [0.2, 0.25) is 0 Å². The fourth-order valence-electron chi connectivity index (χ4n) is 9.76. The van der Waals surface area contributed by atoms with Crippen molar-refractivity contribution >= 4 is 44.0 Å². The van der Waals surface area contributed by atoms with Crippen LogP contribution >= 0.6 is 0 Å². The molecule has 0 radical (unpaired) electrons. The van der Waals surface area contributed by atoms with Gasteiger partial charge in [0, 0.05) is 38.1 Å². The van der Waals surface area contributed by atoms with Gasteiger partial charge in [0.25, 0.3) is 0 Å². The maximum Gasteiger partial charge on any atom is 0.180 e. The van der Waals surface area contributed by atoms with E-state index in [9.17, 15) is 0 Å². The van der Waals surface area contributed by atoms with Crippen LogP contribution in [0.25, 0.3) is 100 Å².